The summed E-state index contributed by atoms with van der Waals surface area (Å²) in [5, 5.41) is 0. The van der Waals surface area contributed by atoms with Crippen molar-refractivity contribution in [3.8, 4) is 12.0 Å². The zero-order valence-corrected chi connectivity index (χ0v) is 14.1. The van der Waals surface area contributed by atoms with E-state index < -0.39 is 0 Å². The molecule has 0 saturated heterocycles. The van der Waals surface area contributed by atoms with Crippen LogP contribution < -0.4 is 15.2 Å². The number of unbranched alkanes of at least 4 members (excludes halogenated alkanes) is 1. The zero-order chi connectivity index (χ0) is 16.2. The van der Waals surface area contributed by atoms with Gasteiger partial charge in [-0.2, -0.15) is 15.0 Å². The molecule has 0 aliphatic heterocycles. The van der Waals surface area contributed by atoms with Crippen molar-refractivity contribution in [3.05, 3.63) is 0 Å². The molecular weight excluding hydrogens is 318 g/mol. The fraction of sp³-hybridized carbons (Fsp3) is 0.667. The summed E-state index contributed by atoms with van der Waals surface area (Å²) < 4.78 is 13.1. The predicted molar refractivity (Wildman–Crippen MR) is 89.1 cm³/mol. The number of ether oxygens (including phenoxy) is 2. The standard InChI is InChI=1S/C15H22ClN5O2/c1-22-15-18-11-12(17)19-14(23-10-6-2-3-7-10)20-13(11)21(15)9-5-4-8-16/h10H,2-9H2,1H3,(H2,17,19,20). The highest BCUT2D eigenvalue weighted by Gasteiger charge is 2.21. The van der Waals surface area contributed by atoms with Crippen LogP contribution in [0.1, 0.15) is 38.5 Å². The smallest absolute Gasteiger partial charge is 0.320 e. The molecule has 1 fully saturated rings. The van der Waals surface area contributed by atoms with Crippen molar-refractivity contribution in [2.45, 2.75) is 51.2 Å². The SMILES string of the molecule is COc1nc2c(N)nc(OC3CCCC3)nc2n1CCCCCl. The number of fused-ring (bicyclic) bond motifs is 1. The summed E-state index contributed by atoms with van der Waals surface area (Å²) in [6.07, 6.45) is 6.46. The van der Waals surface area contributed by atoms with Gasteiger partial charge in [-0.25, -0.2) is 0 Å². The summed E-state index contributed by atoms with van der Waals surface area (Å²) in [5.41, 5.74) is 7.24. The Morgan fingerprint density at radius 1 is 1.22 bits per heavy atom. The van der Waals surface area contributed by atoms with Crippen LogP contribution in [0.2, 0.25) is 0 Å². The third kappa shape index (κ3) is 3.44. The molecule has 1 aliphatic carbocycles. The van der Waals surface area contributed by atoms with Gasteiger partial charge in [0.2, 0.25) is 0 Å². The topological polar surface area (TPSA) is 88.1 Å². The molecule has 1 saturated carbocycles. The number of rotatable bonds is 7. The molecule has 126 valence electrons. The first kappa shape index (κ1) is 16.1. The number of nitrogens with two attached hydrogens (primary N) is 1. The summed E-state index contributed by atoms with van der Waals surface area (Å²) in [6.45, 7) is 0.714. The summed E-state index contributed by atoms with van der Waals surface area (Å²) in [5.74, 6) is 0.944. The Kier molecular flexibility index (Phi) is 5.05. The molecule has 2 aromatic heterocycles. The molecule has 2 aromatic rings. The fourth-order valence-corrected chi connectivity index (χ4v) is 3.10. The highest BCUT2D eigenvalue weighted by atomic mass is 35.5. The van der Waals surface area contributed by atoms with Crippen molar-refractivity contribution in [1.82, 2.24) is 19.5 Å². The van der Waals surface area contributed by atoms with Gasteiger partial charge in [0.05, 0.1) is 7.11 Å². The Morgan fingerprint density at radius 2 is 2.00 bits per heavy atom. The van der Waals surface area contributed by atoms with Gasteiger partial charge in [0.1, 0.15) is 6.10 Å². The fourth-order valence-electron chi connectivity index (χ4n) is 2.91. The number of hydrogen-bond donors (Lipinski definition) is 1. The number of alkyl halides is 1. The van der Waals surface area contributed by atoms with Crippen LogP contribution in [0.25, 0.3) is 11.2 Å². The molecule has 0 radical (unpaired) electrons. The summed E-state index contributed by atoms with van der Waals surface area (Å²) in [6, 6.07) is 0.802. The van der Waals surface area contributed by atoms with Gasteiger partial charge in [0, 0.05) is 12.4 Å². The van der Waals surface area contributed by atoms with Crippen molar-refractivity contribution in [2.75, 3.05) is 18.7 Å². The highest BCUT2D eigenvalue weighted by Crippen LogP contribution is 2.28. The Labute approximate surface area is 140 Å². The van der Waals surface area contributed by atoms with Crippen LogP contribution in [0, 0.1) is 0 Å². The average Bonchev–Trinajstić information content (AvgIpc) is 3.16. The molecule has 23 heavy (non-hydrogen) atoms. The van der Waals surface area contributed by atoms with Gasteiger partial charge in [0.25, 0.3) is 6.01 Å². The number of anilines is 1. The van der Waals surface area contributed by atoms with Crippen LogP contribution in [0.3, 0.4) is 0 Å². The summed E-state index contributed by atoms with van der Waals surface area (Å²) in [7, 11) is 1.58. The monoisotopic (exact) mass is 339 g/mol. The van der Waals surface area contributed by atoms with Crippen LogP contribution >= 0.6 is 11.6 Å². The maximum atomic E-state index is 6.04. The largest absolute Gasteiger partial charge is 0.468 e. The van der Waals surface area contributed by atoms with E-state index in [-0.39, 0.29) is 6.10 Å². The number of aromatic nitrogens is 4. The number of imidazole rings is 1. The predicted octanol–water partition coefficient (Wildman–Crippen LogP) is 2.76. The van der Waals surface area contributed by atoms with E-state index in [9.17, 15) is 0 Å². The molecule has 0 spiro atoms. The van der Waals surface area contributed by atoms with Crippen LogP contribution in [-0.4, -0.2) is 38.6 Å². The first-order chi connectivity index (χ1) is 11.2. The molecule has 2 N–H and O–H groups in total. The van der Waals surface area contributed by atoms with Crippen molar-refractivity contribution in [2.24, 2.45) is 0 Å². The molecule has 0 atom stereocenters. The second-order valence-electron chi connectivity index (χ2n) is 5.73. The Hall–Kier alpha value is -1.76. The average molecular weight is 340 g/mol. The second kappa shape index (κ2) is 7.21. The molecule has 2 heterocycles. The minimum atomic E-state index is 0.182. The van der Waals surface area contributed by atoms with Crippen LogP contribution in [0.5, 0.6) is 12.0 Å². The number of methoxy groups -OCH3 is 1. The van der Waals surface area contributed by atoms with E-state index in [0.29, 0.717) is 41.4 Å². The molecule has 0 bridgehead atoms. The van der Waals surface area contributed by atoms with E-state index in [1.165, 1.54) is 12.8 Å². The van der Waals surface area contributed by atoms with Gasteiger partial charge in [-0.3, -0.25) is 4.57 Å². The number of halogens is 1. The Bertz CT molecular complexity index is 669. The molecule has 7 nitrogen and oxygen atoms in total. The van der Waals surface area contributed by atoms with Crippen LogP contribution in [0.4, 0.5) is 5.82 Å². The van der Waals surface area contributed by atoms with Gasteiger partial charge >= 0.3 is 6.01 Å². The highest BCUT2D eigenvalue weighted by molar-refractivity contribution is 6.17. The summed E-state index contributed by atoms with van der Waals surface area (Å²) in [4.78, 5) is 13.1. The molecular formula is C15H22ClN5O2. The molecule has 3 rings (SSSR count). The van der Waals surface area contributed by atoms with Gasteiger partial charge in [-0.05, 0) is 38.5 Å². The Balaban J connectivity index is 1.93. The molecule has 0 unspecified atom stereocenters. The van der Waals surface area contributed by atoms with Crippen molar-refractivity contribution >= 4 is 28.6 Å². The molecule has 1 aliphatic rings. The van der Waals surface area contributed by atoms with Gasteiger partial charge < -0.3 is 15.2 Å². The minimum absolute atomic E-state index is 0.182. The van der Waals surface area contributed by atoms with E-state index in [1.54, 1.807) is 7.11 Å². The van der Waals surface area contributed by atoms with Gasteiger partial charge in [-0.1, -0.05) is 0 Å². The molecule has 0 aromatic carbocycles. The quantitative estimate of drug-likeness (QED) is 0.616. The minimum Gasteiger partial charge on any atom is -0.468 e. The van der Waals surface area contributed by atoms with E-state index >= 15 is 0 Å². The van der Waals surface area contributed by atoms with Crippen molar-refractivity contribution in [3.63, 3.8) is 0 Å². The zero-order valence-electron chi connectivity index (χ0n) is 13.3. The molecule has 8 heteroatoms. The number of nitrogens with zero attached hydrogens (tertiary/aromatic N) is 4. The summed E-state index contributed by atoms with van der Waals surface area (Å²) >= 11 is 5.76. The first-order valence-corrected chi connectivity index (χ1v) is 8.56. The second-order valence-corrected chi connectivity index (χ2v) is 6.11. The van der Waals surface area contributed by atoms with Gasteiger partial charge in [-0.15, -0.1) is 11.6 Å². The van der Waals surface area contributed by atoms with Crippen molar-refractivity contribution < 1.29 is 9.47 Å². The Morgan fingerprint density at radius 3 is 2.70 bits per heavy atom. The van der Waals surface area contributed by atoms with Crippen LogP contribution in [0.15, 0.2) is 0 Å². The van der Waals surface area contributed by atoms with Crippen molar-refractivity contribution in [1.29, 1.82) is 0 Å². The van der Waals surface area contributed by atoms with E-state index in [1.807, 2.05) is 4.57 Å². The maximum absolute atomic E-state index is 6.04. The molecule has 0 amide bonds. The van der Waals surface area contributed by atoms with Gasteiger partial charge in [0.15, 0.2) is 17.0 Å². The van der Waals surface area contributed by atoms with E-state index in [4.69, 9.17) is 26.8 Å². The normalized spacial score (nSPS) is 15.4. The number of nitrogen functional groups attached to an aromatic ring is 1. The number of hydrogen-bond acceptors (Lipinski definition) is 6. The lowest BCUT2D eigenvalue weighted by Gasteiger charge is -2.12. The third-order valence-electron chi connectivity index (χ3n) is 4.09. The van der Waals surface area contributed by atoms with E-state index in [2.05, 4.69) is 15.0 Å². The third-order valence-corrected chi connectivity index (χ3v) is 4.36. The number of aryl methyl sites for hydroxylation is 1. The maximum Gasteiger partial charge on any atom is 0.320 e. The first-order valence-electron chi connectivity index (χ1n) is 8.03. The van der Waals surface area contributed by atoms with E-state index in [0.717, 1.165) is 25.7 Å². The van der Waals surface area contributed by atoms with Crippen LogP contribution in [-0.2, 0) is 6.54 Å². The lowest BCUT2D eigenvalue weighted by molar-refractivity contribution is 0.193. The lowest BCUT2D eigenvalue weighted by Crippen LogP contribution is -2.14. The lowest BCUT2D eigenvalue weighted by atomic mass is 10.3.